The van der Waals surface area contributed by atoms with Crippen LogP contribution < -0.4 is 5.56 Å². The number of furan rings is 1. The van der Waals surface area contributed by atoms with Crippen LogP contribution in [0.25, 0.3) is 22.1 Å². The Hall–Kier alpha value is -3.22. The van der Waals surface area contributed by atoms with Gasteiger partial charge < -0.3 is 9.40 Å². The predicted octanol–water partition coefficient (Wildman–Crippen LogP) is 4.88. The van der Waals surface area contributed by atoms with Crippen molar-refractivity contribution >= 4 is 33.4 Å². The molecule has 5 aromatic rings. The molecule has 0 saturated heterocycles. The number of para-hydroxylation sites is 1. The van der Waals surface area contributed by atoms with Crippen LogP contribution in [0.2, 0.25) is 0 Å². The van der Waals surface area contributed by atoms with Gasteiger partial charge in [-0.2, -0.15) is 0 Å². The molecule has 4 heterocycles. The van der Waals surface area contributed by atoms with Crippen LogP contribution in [0.1, 0.15) is 27.9 Å². The van der Waals surface area contributed by atoms with Crippen molar-refractivity contribution in [1.82, 2.24) is 14.9 Å². The van der Waals surface area contributed by atoms with Crippen molar-refractivity contribution in [2.24, 2.45) is 0 Å². The summed E-state index contributed by atoms with van der Waals surface area (Å²) in [5.74, 6) is 0.665. The van der Waals surface area contributed by atoms with E-state index in [2.05, 4.69) is 45.6 Å². The molecule has 0 aliphatic carbocycles. The summed E-state index contributed by atoms with van der Waals surface area (Å²) >= 11 is 1.83. The van der Waals surface area contributed by atoms with Crippen LogP contribution in [0.5, 0.6) is 0 Å². The van der Waals surface area contributed by atoms with Gasteiger partial charge in [-0.15, -0.1) is 11.3 Å². The van der Waals surface area contributed by atoms with Crippen molar-refractivity contribution in [3.05, 3.63) is 98.2 Å². The van der Waals surface area contributed by atoms with Gasteiger partial charge in [0.15, 0.2) is 0 Å². The Labute approximate surface area is 176 Å². The first-order valence-electron chi connectivity index (χ1n) is 10.0. The SMILES string of the molecule is O=c1[nH]c(CN2CCc3sccc3C2c2ccccc2)nc2c1oc1ccccc12. The summed E-state index contributed by atoms with van der Waals surface area (Å²) in [6.07, 6.45) is 1.01. The third kappa shape index (κ3) is 2.80. The molecule has 1 N–H and O–H groups in total. The van der Waals surface area contributed by atoms with E-state index in [0.717, 1.165) is 18.4 Å². The van der Waals surface area contributed by atoms with Crippen molar-refractivity contribution < 1.29 is 4.42 Å². The lowest BCUT2D eigenvalue weighted by atomic mass is 9.93. The van der Waals surface area contributed by atoms with Crippen LogP contribution >= 0.6 is 11.3 Å². The average molecular weight is 414 g/mol. The van der Waals surface area contributed by atoms with E-state index in [1.165, 1.54) is 16.0 Å². The molecule has 1 aliphatic rings. The molecule has 1 unspecified atom stereocenters. The normalized spacial score (nSPS) is 16.9. The minimum Gasteiger partial charge on any atom is -0.449 e. The Bertz CT molecular complexity index is 1420. The highest BCUT2D eigenvalue weighted by Gasteiger charge is 2.30. The summed E-state index contributed by atoms with van der Waals surface area (Å²) in [5.41, 5.74) is 4.00. The molecule has 148 valence electrons. The van der Waals surface area contributed by atoms with Crippen LogP contribution in [0.15, 0.2) is 75.3 Å². The molecule has 3 aromatic heterocycles. The highest BCUT2D eigenvalue weighted by molar-refractivity contribution is 7.10. The van der Waals surface area contributed by atoms with Crippen LogP contribution in [0.3, 0.4) is 0 Å². The van der Waals surface area contributed by atoms with Gasteiger partial charge in [0.05, 0.1) is 12.6 Å². The molecule has 5 nitrogen and oxygen atoms in total. The molecule has 30 heavy (non-hydrogen) atoms. The van der Waals surface area contributed by atoms with Gasteiger partial charge in [0.2, 0.25) is 5.58 Å². The van der Waals surface area contributed by atoms with Crippen molar-refractivity contribution in [1.29, 1.82) is 0 Å². The molecule has 0 fully saturated rings. The number of nitrogens with zero attached hydrogens (tertiary/aromatic N) is 2. The van der Waals surface area contributed by atoms with Gasteiger partial charge in [-0.05, 0) is 41.1 Å². The molecule has 0 saturated carbocycles. The maximum atomic E-state index is 12.7. The number of aromatic amines is 1. The van der Waals surface area contributed by atoms with E-state index in [4.69, 9.17) is 9.40 Å². The molecule has 6 heteroatoms. The van der Waals surface area contributed by atoms with Gasteiger partial charge >= 0.3 is 0 Å². The Morgan fingerprint density at radius 2 is 1.93 bits per heavy atom. The van der Waals surface area contributed by atoms with E-state index in [1.807, 2.05) is 41.7 Å². The largest absolute Gasteiger partial charge is 0.449 e. The zero-order chi connectivity index (χ0) is 20.1. The summed E-state index contributed by atoms with van der Waals surface area (Å²) in [6.45, 7) is 1.49. The first-order valence-corrected chi connectivity index (χ1v) is 10.9. The van der Waals surface area contributed by atoms with Crippen LogP contribution in [-0.2, 0) is 13.0 Å². The predicted molar refractivity (Wildman–Crippen MR) is 119 cm³/mol. The van der Waals surface area contributed by atoms with E-state index in [0.29, 0.717) is 29.1 Å². The summed E-state index contributed by atoms with van der Waals surface area (Å²) in [6, 6.07) is 20.6. The zero-order valence-corrected chi connectivity index (χ0v) is 17.0. The fraction of sp³-hybridized carbons (Fsp3) is 0.167. The van der Waals surface area contributed by atoms with Crippen LogP contribution in [0.4, 0.5) is 0 Å². The first kappa shape index (κ1) is 17.6. The van der Waals surface area contributed by atoms with Gasteiger partial charge in [-0.25, -0.2) is 4.98 Å². The molecule has 6 rings (SSSR count). The molecule has 0 radical (unpaired) electrons. The van der Waals surface area contributed by atoms with Crippen LogP contribution in [0, 0.1) is 0 Å². The number of hydrogen-bond donors (Lipinski definition) is 1. The van der Waals surface area contributed by atoms with Gasteiger partial charge in [-0.3, -0.25) is 9.69 Å². The second kappa shape index (κ2) is 6.93. The van der Waals surface area contributed by atoms with E-state index < -0.39 is 0 Å². The number of H-pyrrole nitrogens is 1. The number of rotatable bonds is 3. The van der Waals surface area contributed by atoms with Crippen LogP contribution in [-0.4, -0.2) is 21.4 Å². The maximum absolute atomic E-state index is 12.7. The van der Waals surface area contributed by atoms with E-state index in [9.17, 15) is 4.79 Å². The Morgan fingerprint density at radius 1 is 1.10 bits per heavy atom. The third-order valence-corrected chi connectivity index (χ3v) is 6.81. The Morgan fingerprint density at radius 3 is 2.83 bits per heavy atom. The topological polar surface area (TPSA) is 62.1 Å². The highest BCUT2D eigenvalue weighted by atomic mass is 32.1. The second-order valence-corrected chi connectivity index (χ2v) is 8.62. The zero-order valence-electron chi connectivity index (χ0n) is 16.2. The van der Waals surface area contributed by atoms with Gasteiger partial charge in [-0.1, -0.05) is 42.5 Å². The first-order chi connectivity index (χ1) is 14.8. The average Bonchev–Trinajstić information content (AvgIpc) is 3.39. The Kier molecular flexibility index (Phi) is 4.07. The molecule has 0 amide bonds. The fourth-order valence-corrected chi connectivity index (χ4v) is 5.38. The molecule has 2 aromatic carbocycles. The number of fused-ring (bicyclic) bond motifs is 4. The number of hydrogen-bond acceptors (Lipinski definition) is 5. The van der Waals surface area contributed by atoms with Gasteiger partial charge in [0.25, 0.3) is 5.56 Å². The maximum Gasteiger partial charge on any atom is 0.294 e. The molecule has 0 spiro atoms. The Balaban J connectivity index is 1.44. The lowest BCUT2D eigenvalue weighted by molar-refractivity contribution is 0.201. The van der Waals surface area contributed by atoms with E-state index >= 15 is 0 Å². The van der Waals surface area contributed by atoms with Crippen molar-refractivity contribution in [2.45, 2.75) is 19.0 Å². The lowest BCUT2D eigenvalue weighted by Crippen LogP contribution is -2.35. The van der Waals surface area contributed by atoms with E-state index in [1.54, 1.807) is 0 Å². The molecule has 0 bridgehead atoms. The van der Waals surface area contributed by atoms with Crippen molar-refractivity contribution in [3.63, 3.8) is 0 Å². The second-order valence-electron chi connectivity index (χ2n) is 7.62. The molecular formula is C24H19N3O2S. The molecular weight excluding hydrogens is 394 g/mol. The minimum atomic E-state index is -0.226. The van der Waals surface area contributed by atoms with Crippen molar-refractivity contribution in [2.75, 3.05) is 6.54 Å². The lowest BCUT2D eigenvalue weighted by Gasteiger charge is -2.35. The standard InChI is InChI=1S/C24H19N3O2S/c28-24-23-21(16-8-4-5-9-18(16)29-23)25-20(26-24)14-27-12-10-19-17(11-13-30-19)22(27)15-6-2-1-3-7-15/h1-9,11,13,22H,10,12,14H2,(H,25,26,28). The molecule has 1 aliphatic heterocycles. The quantitative estimate of drug-likeness (QED) is 0.458. The van der Waals surface area contributed by atoms with Crippen molar-refractivity contribution in [3.8, 4) is 0 Å². The third-order valence-electron chi connectivity index (χ3n) is 5.81. The van der Waals surface area contributed by atoms with E-state index in [-0.39, 0.29) is 11.6 Å². The minimum absolute atomic E-state index is 0.156. The van der Waals surface area contributed by atoms with Gasteiger partial charge in [0.1, 0.15) is 16.9 Å². The summed E-state index contributed by atoms with van der Waals surface area (Å²) in [5, 5.41) is 3.05. The number of benzene rings is 2. The smallest absolute Gasteiger partial charge is 0.294 e. The summed E-state index contributed by atoms with van der Waals surface area (Å²) in [7, 11) is 0. The fourth-order valence-electron chi connectivity index (χ4n) is 4.48. The van der Waals surface area contributed by atoms with Gasteiger partial charge in [0, 0.05) is 16.8 Å². The number of nitrogens with one attached hydrogen (secondary N) is 1. The number of thiophene rings is 1. The highest BCUT2D eigenvalue weighted by Crippen LogP contribution is 2.38. The number of aromatic nitrogens is 2. The molecule has 1 atom stereocenters. The summed E-state index contributed by atoms with van der Waals surface area (Å²) in [4.78, 5) is 24.3. The monoisotopic (exact) mass is 413 g/mol. The summed E-state index contributed by atoms with van der Waals surface area (Å²) < 4.78 is 5.74.